The van der Waals surface area contributed by atoms with Gasteiger partial charge in [0, 0.05) is 22.6 Å². The lowest BCUT2D eigenvalue weighted by Crippen LogP contribution is -2.12. The van der Waals surface area contributed by atoms with Crippen molar-refractivity contribution in [2.75, 3.05) is 4.90 Å². The quantitative estimate of drug-likeness (QED) is 0.220. The molecule has 0 saturated carbocycles. The van der Waals surface area contributed by atoms with Crippen LogP contribution in [0, 0.1) is 6.92 Å². The summed E-state index contributed by atoms with van der Waals surface area (Å²) in [4.78, 5) is 13.5. The van der Waals surface area contributed by atoms with E-state index in [9.17, 15) is 4.79 Å². The Balaban J connectivity index is 1.48. The van der Waals surface area contributed by atoms with Gasteiger partial charge in [0.15, 0.2) is 0 Å². The second-order valence-corrected chi connectivity index (χ2v) is 9.04. The van der Waals surface area contributed by atoms with E-state index in [0.717, 1.165) is 35.3 Å². The van der Waals surface area contributed by atoms with Crippen LogP contribution >= 0.6 is 0 Å². The van der Waals surface area contributed by atoms with Crippen LogP contribution < -0.4 is 4.90 Å². The summed E-state index contributed by atoms with van der Waals surface area (Å²) < 4.78 is 0. The molecule has 0 heterocycles. The van der Waals surface area contributed by atoms with E-state index in [2.05, 4.69) is 90.7 Å². The Hall–Kier alpha value is -3.91. The molecular formula is C32H29NO. The van der Waals surface area contributed by atoms with Gasteiger partial charge in [0.25, 0.3) is 0 Å². The predicted octanol–water partition coefficient (Wildman–Crippen LogP) is 8.33. The number of aryl methyl sites for hydroxylation is 3. The number of nitrogens with zero attached hydrogens (tertiary/aromatic N) is 1. The topological polar surface area (TPSA) is 20.3 Å². The zero-order valence-corrected chi connectivity index (χ0v) is 19.6. The Morgan fingerprint density at radius 1 is 0.588 bits per heavy atom. The fourth-order valence-electron chi connectivity index (χ4n) is 4.61. The molecule has 0 saturated heterocycles. The lowest BCUT2D eigenvalue weighted by atomic mass is 9.91. The number of hydrogen-bond acceptors (Lipinski definition) is 2. The maximum absolute atomic E-state index is 11.2. The molecule has 4 aromatic rings. The van der Waals surface area contributed by atoms with E-state index < -0.39 is 0 Å². The van der Waals surface area contributed by atoms with Crippen LogP contribution in [0.1, 0.15) is 51.0 Å². The van der Waals surface area contributed by atoms with Gasteiger partial charge in [0.05, 0.1) is 0 Å². The maximum atomic E-state index is 11.2. The molecule has 2 heteroatoms. The molecule has 0 aliphatic heterocycles. The molecule has 1 aliphatic rings. The summed E-state index contributed by atoms with van der Waals surface area (Å²) in [6.45, 7) is 2.10. The highest BCUT2D eigenvalue weighted by Crippen LogP contribution is 2.37. The van der Waals surface area contributed by atoms with E-state index in [-0.39, 0.29) is 0 Å². The van der Waals surface area contributed by atoms with Crippen LogP contribution in [0.25, 0.3) is 12.2 Å². The van der Waals surface area contributed by atoms with Gasteiger partial charge in [-0.05, 0) is 103 Å². The molecule has 0 aromatic heterocycles. The zero-order valence-electron chi connectivity index (χ0n) is 19.6. The van der Waals surface area contributed by atoms with Crippen molar-refractivity contribution in [3.63, 3.8) is 0 Å². The van der Waals surface area contributed by atoms with Crippen LogP contribution in [0.4, 0.5) is 17.1 Å². The lowest BCUT2D eigenvalue weighted by Gasteiger charge is -2.27. The van der Waals surface area contributed by atoms with Crippen LogP contribution in [0.2, 0.25) is 0 Å². The van der Waals surface area contributed by atoms with Gasteiger partial charge in [0.2, 0.25) is 0 Å². The van der Waals surface area contributed by atoms with Crippen molar-refractivity contribution in [2.24, 2.45) is 0 Å². The Labute approximate surface area is 202 Å². The third-order valence-corrected chi connectivity index (χ3v) is 6.57. The molecule has 0 unspecified atom stereocenters. The summed E-state index contributed by atoms with van der Waals surface area (Å²) in [5.41, 5.74) is 10.5. The molecule has 168 valence electrons. The molecule has 4 aromatic carbocycles. The number of hydrogen-bond donors (Lipinski definition) is 0. The van der Waals surface area contributed by atoms with Gasteiger partial charge in [0.1, 0.15) is 6.29 Å². The molecule has 2 nitrogen and oxygen atoms in total. The fourth-order valence-corrected chi connectivity index (χ4v) is 4.61. The van der Waals surface area contributed by atoms with E-state index in [1.807, 2.05) is 24.3 Å². The average Bonchev–Trinajstić information content (AvgIpc) is 2.89. The fraction of sp³-hybridized carbons (Fsp3) is 0.156. The molecule has 0 amide bonds. The predicted molar refractivity (Wildman–Crippen MR) is 143 cm³/mol. The molecule has 0 bridgehead atoms. The van der Waals surface area contributed by atoms with Gasteiger partial charge in [-0.25, -0.2) is 0 Å². The van der Waals surface area contributed by atoms with Gasteiger partial charge in [-0.3, -0.25) is 4.79 Å². The number of carbonyl (C=O) groups excluding carboxylic acids is 1. The van der Waals surface area contributed by atoms with Crippen molar-refractivity contribution in [3.8, 4) is 0 Å². The van der Waals surface area contributed by atoms with Crippen molar-refractivity contribution in [3.05, 3.63) is 124 Å². The maximum Gasteiger partial charge on any atom is 0.150 e. The van der Waals surface area contributed by atoms with E-state index >= 15 is 0 Å². The number of anilines is 3. The summed E-state index contributed by atoms with van der Waals surface area (Å²) in [5.74, 6) is 0. The van der Waals surface area contributed by atoms with Gasteiger partial charge >= 0.3 is 0 Å². The van der Waals surface area contributed by atoms with Gasteiger partial charge in [-0.1, -0.05) is 60.2 Å². The Bertz CT molecular complexity index is 1300. The van der Waals surface area contributed by atoms with E-state index in [0.29, 0.717) is 5.56 Å². The van der Waals surface area contributed by atoms with Crippen molar-refractivity contribution < 1.29 is 4.79 Å². The second-order valence-electron chi connectivity index (χ2n) is 9.04. The molecule has 0 atom stereocenters. The summed E-state index contributed by atoms with van der Waals surface area (Å²) >= 11 is 0. The van der Waals surface area contributed by atoms with Crippen molar-refractivity contribution in [1.29, 1.82) is 0 Å². The van der Waals surface area contributed by atoms with Gasteiger partial charge in [-0.2, -0.15) is 0 Å². The van der Waals surface area contributed by atoms with Crippen LogP contribution in [-0.4, -0.2) is 6.29 Å². The first-order valence-electron chi connectivity index (χ1n) is 12.0. The monoisotopic (exact) mass is 443 g/mol. The molecule has 0 radical (unpaired) electrons. The molecule has 5 rings (SSSR count). The minimum atomic E-state index is 0.686. The SMILES string of the molecule is Cc1ccc(C=Cc2ccc(N(c3ccc(C=O)cc3)c3ccc4c(c3)CCCC4)cc2)cc1. The Kier molecular flexibility index (Phi) is 6.40. The third kappa shape index (κ3) is 4.87. The number of rotatable bonds is 6. The summed E-state index contributed by atoms with van der Waals surface area (Å²) in [6.07, 6.45) is 10.0. The normalized spacial score (nSPS) is 13.0. The lowest BCUT2D eigenvalue weighted by molar-refractivity contribution is 0.112. The summed E-state index contributed by atoms with van der Waals surface area (Å²) in [5, 5.41) is 0. The van der Waals surface area contributed by atoms with E-state index in [1.54, 1.807) is 0 Å². The largest absolute Gasteiger partial charge is 0.310 e. The minimum absolute atomic E-state index is 0.686. The van der Waals surface area contributed by atoms with Crippen LogP contribution in [-0.2, 0) is 12.8 Å². The highest BCUT2D eigenvalue weighted by Gasteiger charge is 2.16. The first kappa shape index (κ1) is 21.9. The molecule has 1 aliphatic carbocycles. The Morgan fingerprint density at radius 2 is 1.09 bits per heavy atom. The molecule has 0 N–H and O–H groups in total. The van der Waals surface area contributed by atoms with Gasteiger partial charge in [-0.15, -0.1) is 0 Å². The van der Waals surface area contributed by atoms with Crippen molar-refractivity contribution in [1.82, 2.24) is 0 Å². The molecular weight excluding hydrogens is 414 g/mol. The number of carbonyl (C=O) groups is 1. The number of aldehydes is 1. The zero-order chi connectivity index (χ0) is 23.3. The standard InChI is InChI=1S/C32H29NO/c1-24-6-8-25(9-7-24)10-11-26-12-17-30(18-13-26)33(31-19-14-27(23-34)15-20-31)32-21-16-28-4-2-3-5-29(28)22-32/h6-23H,2-5H2,1H3. The molecule has 0 spiro atoms. The van der Waals surface area contributed by atoms with E-state index in [4.69, 9.17) is 0 Å². The molecule has 34 heavy (non-hydrogen) atoms. The molecule has 0 fully saturated rings. The minimum Gasteiger partial charge on any atom is -0.310 e. The first-order valence-corrected chi connectivity index (χ1v) is 12.0. The van der Waals surface area contributed by atoms with Crippen molar-refractivity contribution >= 4 is 35.5 Å². The Morgan fingerprint density at radius 3 is 1.68 bits per heavy atom. The van der Waals surface area contributed by atoms with Crippen LogP contribution in [0.3, 0.4) is 0 Å². The summed E-state index contributed by atoms with van der Waals surface area (Å²) in [6, 6.07) is 31.9. The number of fused-ring (bicyclic) bond motifs is 1. The van der Waals surface area contributed by atoms with Crippen LogP contribution in [0.5, 0.6) is 0 Å². The second kappa shape index (κ2) is 9.93. The third-order valence-electron chi connectivity index (χ3n) is 6.57. The smallest absolute Gasteiger partial charge is 0.150 e. The first-order chi connectivity index (χ1) is 16.7. The number of benzene rings is 4. The van der Waals surface area contributed by atoms with Crippen molar-refractivity contribution in [2.45, 2.75) is 32.6 Å². The highest BCUT2D eigenvalue weighted by molar-refractivity contribution is 5.81. The average molecular weight is 444 g/mol. The summed E-state index contributed by atoms with van der Waals surface area (Å²) in [7, 11) is 0. The van der Waals surface area contributed by atoms with Crippen LogP contribution in [0.15, 0.2) is 91.0 Å². The highest BCUT2D eigenvalue weighted by atomic mass is 16.1. The van der Waals surface area contributed by atoms with Gasteiger partial charge < -0.3 is 4.90 Å². The van der Waals surface area contributed by atoms with E-state index in [1.165, 1.54) is 41.5 Å².